The maximum Gasteiger partial charge on any atom is 0.137 e. The van der Waals surface area contributed by atoms with E-state index in [0.717, 1.165) is 30.9 Å². The van der Waals surface area contributed by atoms with Crippen LogP contribution in [0.5, 0.6) is 0 Å². The van der Waals surface area contributed by atoms with Gasteiger partial charge < -0.3 is 14.5 Å². The standard InChI is InChI=1S/C14H19N3O/c1-10-13(9-15-12-6-8-18-11(12)2)17-7-4-3-5-14(17)16-10/h3-5,7,11-12,15H,6,8-9H2,1-2H3. The van der Waals surface area contributed by atoms with Crippen LogP contribution in [0.15, 0.2) is 24.4 Å². The number of fused-ring (bicyclic) bond motifs is 1. The number of imidazole rings is 1. The van der Waals surface area contributed by atoms with E-state index >= 15 is 0 Å². The first-order valence-electron chi connectivity index (χ1n) is 6.53. The highest BCUT2D eigenvalue weighted by Crippen LogP contribution is 2.15. The third-order valence-electron chi connectivity index (χ3n) is 3.74. The van der Waals surface area contributed by atoms with Gasteiger partial charge in [0.15, 0.2) is 0 Å². The van der Waals surface area contributed by atoms with Gasteiger partial charge in [0.1, 0.15) is 5.65 Å². The molecule has 1 fully saturated rings. The molecule has 3 heterocycles. The maximum atomic E-state index is 5.57. The van der Waals surface area contributed by atoms with Crippen molar-refractivity contribution in [3.8, 4) is 0 Å². The Balaban J connectivity index is 1.80. The lowest BCUT2D eigenvalue weighted by Gasteiger charge is -2.16. The average molecular weight is 245 g/mol. The summed E-state index contributed by atoms with van der Waals surface area (Å²) in [7, 11) is 0. The summed E-state index contributed by atoms with van der Waals surface area (Å²) >= 11 is 0. The van der Waals surface area contributed by atoms with E-state index in [9.17, 15) is 0 Å². The molecule has 4 nitrogen and oxygen atoms in total. The summed E-state index contributed by atoms with van der Waals surface area (Å²) in [6.07, 6.45) is 3.47. The van der Waals surface area contributed by atoms with Crippen molar-refractivity contribution in [2.75, 3.05) is 6.61 Å². The number of rotatable bonds is 3. The minimum absolute atomic E-state index is 0.310. The Labute approximate surface area is 107 Å². The quantitative estimate of drug-likeness (QED) is 0.897. The van der Waals surface area contributed by atoms with Gasteiger partial charge >= 0.3 is 0 Å². The predicted molar refractivity (Wildman–Crippen MR) is 70.6 cm³/mol. The van der Waals surface area contributed by atoms with Gasteiger partial charge in [0.05, 0.1) is 17.5 Å². The van der Waals surface area contributed by atoms with Gasteiger partial charge in [-0.25, -0.2) is 4.98 Å². The molecule has 18 heavy (non-hydrogen) atoms. The third-order valence-corrected chi connectivity index (χ3v) is 3.74. The van der Waals surface area contributed by atoms with Gasteiger partial charge in [-0.1, -0.05) is 6.07 Å². The summed E-state index contributed by atoms with van der Waals surface area (Å²) < 4.78 is 7.72. The Morgan fingerprint density at radius 1 is 1.50 bits per heavy atom. The van der Waals surface area contributed by atoms with Crippen molar-refractivity contribution in [3.05, 3.63) is 35.8 Å². The van der Waals surface area contributed by atoms with Gasteiger partial charge in [-0.15, -0.1) is 0 Å². The van der Waals surface area contributed by atoms with E-state index in [4.69, 9.17) is 4.74 Å². The van der Waals surface area contributed by atoms with Gasteiger partial charge in [0, 0.05) is 25.4 Å². The largest absolute Gasteiger partial charge is 0.377 e. The molecule has 0 spiro atoms. The highest BCUT2D eigenvalue weighted by Gasteiger charge is 2.23. The first-order valence-corrected chi connectivity index (χ1v) is 6.53. The molecule has 0 aromatic carbocycles. The average Bonchev–Trinajstić information content (AvgIpc) is 2.90. The SMILES string of the molecule is Cc1nc2ccccn2c1CNC1CCOC1C. The molecule has 1 N–H and O–H groups in total. The van der Waals surface area contributed by atoms with Crippen LogP contribution < -0.4 is 5.32 Å². The fourth-order valence-corrected chi connectivity index (χ4v) is 2.60. The van der Waals surface area contributed by atoms with Crippen LogP contribution in [0, 0.1) is 6.92 Å². The summed E-state index contributed by atoms with van der Waals surface area (Å²) in [6.45, 7) is 5.91. The van der Waals surface area contributed by atoms with Gasteiger partial charge in [-0.3, -0.25) is 0 Å². The molecule has 2 aromatic heterocycles. The van der Waals surface area contributed by atoms with E-state index in [0.29, 0.717) is 12.1 Å². The minimum Gasteiger partial charge on any atom is -0.377 e. The van der Waals surface area contributed by atoms with Crippen molar-refractivity contribution in [1.29, 1.82) is 0 Å². The molecule has 1 saturated heterocycles. The van der Waals surface area contributed by atoms with Crippen LogP contribution in [0.4, 0.5) is 0 Å². The monoisotopic (exact) mass is 245 g/mol. The van der Waals surface area contributed by atoms with E-state index in [-0.39, 0.29) is 0 Å². The first kappa shape index (κ1) is 11.7. The predicted octanol–water partition coefficient (Wildman–Crippen LogP) is 1.91. The van der Waals surface area contributed by atoms with Crippen molar-refractivity contribution in [3.63, 3.8) is 0 Å². The normalized spacial score (nSPS) is 23.9. The second-order valence-corrected chi connectivity index (χ2v) is 4.92. The lowest BCUT2D eigenvalue weighted by atomic mass is 10.1. The van der Waals surface area contributed by atoms with Gasteiger partial charge in [-0.2, -0.15) is 0 Å². The number of aromatic nitrogens is 2. The molecule has 0 amide bonds. The smallest absolute Gasteiger partial charge is 0.137 e. The van der Waals surface area contributed by atoms with Gasteiger partial charge in [-0.05, 0) is 32.4 Å². The molecule has 96 valence electrons. The lowest BCUT2D eigenvalue weighted by Crippen LogP contribution is -2.34. The van der Waals surface area contributed by atoms with Crippen LogP contribution in [0.2, 0.25) is 0 Å². The second-order valence-electron chi connectivity index (χ2n) is 4.92. The molecular weight excluding hydrogens is 226 g/mol. The fraction of sp³-hybridized carbons (Fsp3) is 0.500. The summed E-state index contributed by atoms with van der Waals surface area (Å²) in [6, 6.07) is 6.56. The number of nitrogens with zero attached hydrogens (tertiary/aromatic N) is 2. The number of aryl methyl sites for hydroxylation is 1. The number of hydrogen-bond acceptors (Lipinski definition) is 3. The van der Waals surface area contributed by atoms with Gasteiger partial charge in [0.2, 0.25) is 0 Å². The zero-order chi connectivity index (χ0) is 12.5. The molecule has 1 aliphatic rings. The van der Waals surface area contributed by atoms with E-state index in [2.05, 4.69) is 34.7 Å². The Morgan fingerprint density at radius 2 is 2.39 bits per heavy atom. The highest BCUT2D eigenvalue weighted by molar-refractivity contribution is 5.42. The Morgan fingerprint density at radius 3 is 3.17 bits per heavy atom. The molecule has 3 rings (SSSR count). The first-order chi connectivity index (χ1) is 8.75. The van der Waals surface area contributed by atoms with Crippen LogP contribution in [0.25, 0.3) is 5.65 Å². The molecular formula is C14H19N3O. The highest BCUT2D eigenvalue weighted by atomic mass is 16.5. The summed E-state index contributed by atoms with van der Waals surface area (Å²) in [5, 5.41) is 3.58. The van der Waals surface area contributed by atoms with Crippen LogP contribution in [-0.4, -0.2) is 28.1 Å². The molecule has 2 aromatic rings. The molecule has 2 unspecified atom stereocenters. The second kappa shape index (κ2) is 4.71. The molecule has 2 atom stereocenters. The number of ether oxygens (including phenoxy) is 1. The van der Waals surface area contributed by atoms with E-state index in [1.54, 1.807) is 0 Å². The number of nitrogens with one attached hydrogen (secondary N) is 1. The topological polar surface area (TPSA) is 38.6 Å². The van der Waals surface area contributed by atoms with Crippen molar-refractivity contribution in [1.82, 2.24) is 14.7 Å². The molecule has 1 aliphatic heterocycles. The van der Waals surface area contributed by atoms with Crippen molar-refractivity contribution >= 4 is 5.65 Å². The maximum absolute atomic E-state index is 5.57. The zero-order valence-electron chi connectivity index (χ0n) is 10.9. The van der Waals surface area contributed by atoms with E-state index in [1.165, 1.54) is 5.69 Å². The molecule has 0 saturated carbocycles. The minimum atomic E-state index is 0.310. The Kier molecular flexibility index (Phi) is 3.06. The lowest BCUT2D eigenvalue weighted by molar-refractivity contribution is 0.113. The molecule has 0 bridgehead atoms. The molecule has 0 radical (unpaired) electrons. The Bertz CT molecular complexity index is 549. The van der Waals surface area contributed by atoms with Crippen LogP contribution in [0.1, 0.15) is 24.7 Å². The zero-order valence-corrected chi connectivity index (χ0v) is 10.9. The molecule has 0 aliphatic carbocycles. The van der Waals surface area contributed by atoms with E-state index in [1.807, 2.05) is 18.2 Å². The molecule has 4 heteroatoms. The van der Waals surface area contributed by atoms with Crippen LogP contribution in [0.3, 0.4) is 0 Å². The number of hydrogen-bond donors (Lipinski definition) is 1. The van der Waals surface area contributed by atoms with Gasteiger partial charge in [0.25, 0.3) is 0 Å². The van der Waals surface area contributed by atoms with E-state index < -0.39 is 0 Å². The van der Waals surface area contributed by atoms with Crippen molar-refractivity contribution < 1.29 is 4.74 Å². The third kappa shape index (κ3) is 2.02. The van der Waals surface area contributed by atoms with Crippen molar-refractivity contribution in [2.24, 2.45) is 0 Å². The number of pyridine rings is 1. The fourth-order valence-electron chi connectivity index (χ4n) is 2.60. The summed E-state index contributed by atoms with van der Waals surface area (Å²) in [5.74, 6) is 0. The van der Waals surface area contributed by atoms with Crippen LogP contribution >= 0.6 is 0 Å². The summed E-state index contributed by atoms with van der Waals surface area (Å²) in [5.41, 5.74) is 3.35. The van der Waals surface area contributed by atoms with Crippen molar-refractivity contribution in [2.45, 2.75) is 39.0 Å². The Hall–Kier alpha value is -1.39. The van der Waals surface area contributed by atoms with Crippen LogP contribution in [-0.2, 0) is 11.3 Å². The summed E-state index contributed by atoms with van der Waals surface area (Å²) in [4.78, 5) is 4.57.